The Labute approximate surface area is 160 Å². The van der Waals surface area contributed by atoms with Crippen molar-refractivity contribution >= 4 is 17.3 Å². The summed E-state index contributed by atoms with van der Waals surface area (Å²) >= 11 is 0. The van der Waals surface area contributed by atoms with Gasteiger partial charge in [-0.05, 0) is 32.3 Å². The summed E-state index contributed by atoms with van der Waals surface area (Å²) in [6.07, 6.45) is 17.9. The van der Waals surface area contributed by atoms with Gasteiger partial charge in [-0.25, -0.2) is 19.9 Å². The number of nitrogens with one attached hydrogen (secondary N) is 1. The summed E-state index contributed by atoms with van der Waals surface area (Å²) in [5, 5.41) is 3.50. The van der Waals surface area contributed by atoms with Gasteiger partial charge >= 0.3 is 0 Å². The second-order valence-electron chi connectivity index (χ2n) is 6.85. The molecule has 6 nitrogen and oxygen atoms in total. The van der Waals surface area contributed by atoms with E-state index in [0.29, 0.717) is 11.8 Å². The Kier molecular flexibility index (Phi) is 5.84. The lowest BCUT2D eigenvalue weighted by molar-refractivity contribution is 0.460. The second-order valence-corrected chi connectivity index (χ2v) is 6.85. The van der Waals surface area contributed by atoms with E-state index < -0.39 is 0 Å². The molecule has 3 heterocycles. The van der Waals surface area contributed by atoms with Crippen LogP contribution >= 0.6 is 0 Å². The van der Waals surface area contributed by atoms with Crippen molar-refractivity contribution in [2.24, 2.45) is 0 Å². The fourth-order valence-electron chi connectivity index (χ4n) is 3.66. The monoisotopic (exact) mass is 364 g/mol. The van der Waals surface area contributed by atoms with Gasteiger partial charge in [-0.2, -0.15) is 0 Å². The number of hydrogen-bond donors (Lipinski definition) is 1. The van der Waals surface area contributed by atoms with Crippen molar-refractivity contribution < 1.29 is 0 Å². The number of allylic oxidation sites excluding steroid dienone is 1. The molecule has 0 bridgehead atoms. The topological polar surface area (TPSA) is 68.0 Å². The van der Waals surface area contributed by atoms with E-state index in [-0.39, 0.29) is 7.43 Å². The van der Waals surface area contributed by atoms with E-state index in [0.717, 1.165) is 28.3 Å². The van der Waals surface area contributed by atoms with Gasteiger partial charge in [0.25, 0.3) is 0 Å². The molecule has 4 rings (SSSR count). The van der Waals surface area contributed by atoms with Gasteiger partial charge in [0.05, 0.1) is 5.69 Å². The maximum atomic E-state index is 4.71. The van der Waals surface area contributed by atoms with Crippen LogP contribution in [0.25, 0.3) is 11.4 Å². The van der Waals surface area contributed by atoms with Crippen LogP contribution in [0.5, 0.6) is 0 Å². The molecule has 1 aliphatic rings. The quantitative estimate of drug-likeness (QED) is 0.729. The van der Waals surface area contributed by atoms with Crippen molar-refractivity contribution in [3.8, 4) is 0 Å². The maximum absolute atomic E-state index is 4.71. The summed E-state index contributed by atoms with van der Waals surface area (Å²) in [6.45, 7) is 4.07. The SMILES string of the molecule is C.C/C=C(/c1cnc2nccn2c1)c1cnc(NC2CCCCC2)nc1C. The molecule has 6 heteroatoms. The molecule has 0 unspecified atom stereocenters. The Morgan fingerprint density at radius 1 is 1.15 bits per heavy atom. The zero-order valence-corrected chi connectivity index (χ0v) is 15.3. The molecule has 1 saturated carbocycles. The largest absolute Gasteiger partial charge is 0.351 e. The number of rotatable bonds is 4. The molecule has 0 amide bonds. The molecule has 3 aromatic rings. The van der Waals surface area contributed by atoms with Gasteiger partial charge in [-0.3, -0.25) is 4.40 Å². The molecule has 142 valence electrons. The Balaban J connectivity index is 0.00000210. The summed E-state index contributed by atoms with van der Waals surface area (Å²) in [4.78, 5) is 17.9. The lowest BCUT2D eigenvalue weighted by Crippen LogP contribution is -2.23. The minimum absolute atomic E-state index is 0. The Bertz CT molecular complexity index is 937. The highest BCUT2D eigenvalue weighted by atomic mass is 15.1. The van der Waals surface area contributed by atoms with E-state index in [4.69, 9.17) is 4.98 Å². The second kappa shape index (κ2) is 8.29. The Morgan fingerprint density at radius 2 is 1.96 bits per heavy atom. The number of aromatic nitrogens is 5. The minimum atomic E-state index is 0. The van der Waals surface area contributed by atoms with Crippen LogP contribution in [0.15, 0.2) is 37.1 Å². The molecule has 3 aromatic heterocycles. The predicted octanol–water partition coefficient (Wildman–Crippen LogP) is 4.66. The number of anilines is 1. The molecule has 1 N–H and O–H groups in total. The highest BCUT2D eigenvalue weighted by Gasteiger charge is 2.16. The number of fused-ring (bicyclic) bond motifs is 1. The molecule has 0 saturated heterocycles. The van der Waals surface area contributed by atoms with E-state index >= 15 is 0 Å². The summed E-state index contributed by atoms with van der Waals surface area (Å²) < 4.78 is 1.92. The van der Waals surface area contributed by atoms with Crippen LogP contribution in [0.3, 0.4) is 0 Å². The van der Waals surface area contributed by atoms with Crippen LogP contribution in [0.4, 0.5) is 5.95 Å². The van der Waals surface area contributed by atoms with E-state index in [1.807, 2.05) is 43.0 Å². The highest BCUT2D eigenvalue weighted by Crippen LogP contribution is 2.26. The summed E-state index contributed by atoms with van der Waals surface area (Å²) in [5.74, 6) is 1.43. The van der Waals surface area contributed by atoms with Crippen LogP contribution in [-0.2, 0) is 0 Å². The average molecular weight is 364 g/mol. The van der Waals surface area contributed by atoms with Gasteiger partial charge in [0, 0.05) is 48.2 Å². The van der Waals surface area contributed by atoms with Crippen molar-refractivity contribution in [3.05, 3.63) is 53.9 Å². The van der Waals surface area contributed by atoms with Crippen LogP contribution in [-0.4, -0.2) is 30.4 Å². The van der Waals surface area contributed by atoms with Crippen molar-refractivity contribution in [1.29, 1.82) is 0 Å². The van der Waals surface area contributed by atoms with Gasteiger partial charge in [-0.15, -0.1) is 0 Å². The number of hydrogen-bond acceptors (Lipinski definition) is 5. The van der Waals surface area contributed by atoms with Crippen LogP contribution < -0.4 is 5.32 Å². The molecular formula is C21H28N6. The van der Waals surface area contributed by atoms with Crippen molar-refractivity contribution in [3.63, 3.8) is 0 Å². The third-order valence-electron chi connectivity index (χ3n) is 5.05. The van der Waals surface area contributed by atoms with Crippen molar-refractivity contribution in [2.45, 2.75) is 59.4 Å². The van der Waals surface area contributed by atoms with Crippen LogP contribution in [0, 0.1) is 6.92 Å². The molecule has 1 aliphatic carbocycles. The van der Waals surface area contributed by atoms with Crippen molar-refractivity contribution in [1.82, 2.24) is 24.3 Å². The third-order valence-corrected chi connectivity index (χ3v) is 5.05. The molecule has 0 aromatic carbocycles. The van der Waals surface area contributed by atoms with E-state index in [9.17, 15) is 0 Å². The number of nitrogens with zero attached hydrogens (tertiary/aromatic N) is 5. The summed E-state index contributed by atoms with van der Waals surface area (Å²) in [6, 6.07) is 0.503. The van der Waals surface area contributed by atoms with E-state index in [1.165, 1.54) is 32.1 Å². The first-order valence-electron chi connectivity index (χ1n) is 9.30. The molecule has 0 atom stereocenters. The van der Waals surface area contributed by atoms with Gasteiger partial charge < -0.3 is 5.32 Å². The van der Waals surface area contributed by atoms with Gasteiger partial charge in [0.2, 0.25) is 11.7 Å². The molecule has 1 fully saturated rings. The first kappa shape index (κ1) is 19.0. The predicted molar refractivity (Wildman–Crippen MR) is 110 cm³/mol. The standard InChI is InChI=1S/C20H24N6.CH4/c1-3-17(15-11-23-20-21-9-10-26(20)13-15)18-12-22-19(24-14(18)2)25-16-7-5-4-6-8-16;/h3,9-13,16H,4-8H2,1-2H3,(H,22,24,25);1H4/b17-3-;. The first-order chi connectivity index (χ1) is 12.7. The number of imidazole rings is 1. The fourth-order valence-corrected chi connectivity index (χ4v) is 3.66. The zero-order chi connectivity index (χ0) is 17.9. The number of aryl methyl sites for hydroxylation is 1. The Hall–Kier alpha value is -2.76. The highest BCUT2D eigenvalue weighted by molar-refractivity contribution is 5.80. The summed E-state index contributed by atoms with van der Waals surface area (Å²) in [5.41, 5.74) is 4.10. The molecular weight excluding hydrogens is 336 g/mol. The minimum Gasteiger partial charge on any atom is -0.351 e. The zero-order valence-electron chi connectivity index (χ0n) is 15.3. The fraction of sp³-hybridized carbons (Fsp3) is 0.429. The average Bonchev–Trinajstić information content (AvgIpc) is 3.13. The van der Waals surface area contributed by atoms with Gasteiger partial charge in [0.15, 0.2) is 0 Å². The third kappa shape index (κ3) is 3.99. The van der Waals surface area contributed by atoms with Gasteiger partial charge in [0.1, 0.15) is 0 Å². The lowest BCUT2D eigenvalue weighted by atomic mass is 9.96. The smallest absolute Gasteiger partial charge is 0.233 e. The Morgan fingerprint density at radius 3 is 2.70 bits per heavy atom. The lowest BCUT2D eigenvalue weighted by Gasteiger charge is -2.23. The van der Waals surface area contributed by atoms with Crippen LogP contribution in [0.1, 0.15) is 63.3 Å². The molecule has 0 aliphatic heterocycles. The normalized spacial score (nSPS) is 15.6. The first-order valence-corrected chi connectivity index (χ1v) is 9.30. The van der Waals surface area contributed by atoms with Crippen molar-refractivity contribution in [2.75, 3.05) is 5.32 Å². The molecule has 0 spiro atoms. The van der Waals surface area contributed by atoms with E-state index in [2.05, 4.69) is 26.3 Å². The maximum Gasteiger partial charge on any atom is 0.233 e. The van der Waals surface area contributed by atoms with E-state index in [1.54, 1.807) is 6.20 Å². The molecule has 0 radical (unpaired) electrons. The van der Waals surface area contributed by atoms with Crippen LogP contribution in [0.2, 0.25) is 0 Å². The summed E-state index contributed by atoms with van der Waals surface area (Å²) in [7, 11) is 0. The van der Waals surface area contributed by atoms with Gasteiger partial charge in [-0.1, -0.05) is 32.8 Å². The molecule has 27 heavy (non-hydrogen) atoms.